The number of carbonyl (C=O) groups excluding carboxylic acids is 1. The second-order valence-corrected chi connectivity index (χ2v) is 16.4. The van der Waals surface area contributed by atoms with Gasteiger partial charge in [0.05, 0.1) is 18.4 Å². The first-order valence-electron chi connectivity index (χ1n) is 19.4. The van der Waals surface area contributed by atoms with E-state index in [1.54, 1.807) is 17.6 Å². The number of amides is 1. The molecule has 1 saturated carbocycles. The number of allylic oxidation sites excluding steroid dienone is 1. The van der Waals surface area contributed by atoms with Gasteiger partial charge in [-0.3, -0.25) is 25.2 Å². The first-order valence-corrected chi connectivity index (χ1v) is 19.8. The van der Waals surface area contributed by atoms with Crippen LogP contribution in [-0.4, -0.2) is 77.5 Å². The molecule has 2 saturated heterocycles. The molecule has 3 heterocycles. The number of halogens is 2. The third kappa shape index (κ3) is 7.41. The van der Waals surface area contributed by atoms with Crippen molar-refractivity contribution in [3.63, 3.8) is 0 Å². The van der Waals surface area contributed by atoms with Crippen LogP contribution in [0.15, 0.2) is 78.9 Å². The highest BCUT2D eigenvalue weighted by molar-refractivity contribution is 6.30. The summed E-state index contributed by atoms with van der Waals surface area (Å²) in [6.45, 7) is 10.2. The smallest absolute Gasteiger partial charge is 0.278 e. The van der Waals surface area contributed by atoms with Crippen molar-refractivity contribution in [1.29, 1.82) is 5.41 Å². The van der Waals surface area contributed by atoms with Gasteiger partial charge >= 0.3 is 0 Å². The average Bonchev–Trinajstić information content (AvgIpc) is 3.48. The van der Waals surface area contributed by atoms with Crippen molar-refractivity contribution in [1.82, 2.24) is 20.3 Å². The minimum absolute atomic E-state index is 0.0507. The first kappa shape index (κ1) is 38.1. The maximum Gasteiger partial charge on any atom is 0.278 e. The van der Waals surface area contributed by atoms with Gasteiger partial charge in [0.15, 0.2) is 5.75 Å². The summed E-state index contributed by atoms with van der Waals surface area (Å²) in [5.41, 5.74) is 7.33. The van der Waals surface area contributed by atoms with E-state index in [2.05, 4.69) is 69.9 Å². The molecule has 1 atom stereocenters. The molecule has 1 aromatic heterocycles. The van der Waals surface area contributed by atoms with Crippen molar-refractivity contribution in [3.8, 4) is 17.4 Å². The third-order valence-corrected chi connectivity index (χ3v) is 12.5. The van der Waals surface area contributed by atoms with Crippen LogP contribution in [0.1, 0.15) is 89.8 Å². The highest BCUT2D eigenvalue weighted by Crippen LogP contribution is 2.53. The van der Waals surface area contributed by atoms with Crippen LogP contribution in [0, 0.1) is 10.8 Å². The standard InChI is InChI=1S/C44H48ClFN6O4/c1-27(2)32-6-4-5-7-33(32)38-26-50(25-28-8-10-29(45)11-9-28)18-19-52(38)31-23-44(24-31)14-16-51(17-15-44)30-12-13-34(42(53)49-54)39(20-30)56-40-21-35-36(46)22-37(47)41(35)48-43(40)55-3/h4-13,20-22,27,31,38,47,54H,14-19,23-26H2,1-3H3,(H,49,53). The van der Waals surface area contributed by atoms with Crippen molar-refractivity contribution in [2.24, 2.45) is 5.41 Å². The third-order valence-electron chi connectivity index (χ3n) is 12.3. The summed E-state index contributed by atoms with van der Waals surface area (Å²) < 4.78 is 26.3. The number of carbonyl (C=O) groups is 1. The summed E-state index contributed by atoms with van der Waals surface area (Å²) in [5.74, 6) is -0.594. The van der Waals surface area contributed by atoms with Crippen LogP contribution in [0.4, 0.5) is 10.1 Å². The number of fused-ring (bicyclic) bond motifs is 1. The lowest BCUT2D eigenvalue weighted by molar-refractivity contribution is -0.0628. The molecule has 3 fully saturated rings. The Balaban J connectivity index is 0.968. The summed E-state index contributed by atoms with van der Waals surface area (Å²) in [4.78, 5) is 24.7. The van der Waals surface area contributed by atoms with Gasteiger partial charge in [0, 0.05) is 79.8 Å². The number of nitrogens with one attached hydrogen (secondary N) is 2. The topological polar surface area (TPSA) is 114 Å². The lowest BCUT2D eigenvalue weighted by atomic mass is 9.59. The van der Waals surface area contributed by atoms with Crippen LogP contribution in [-0.2, 0) is 6.54 Å². The summed E-state index contributed by atoms with van der Waals surface area (Å²) in [6, 6.07) is 24.8. The van der Waals surface area contributed by atoms with Crippen LogP contribution in [0.2, 0.25) is 5.02 Å². The number of methoxy groups -OCH3 is 1. The van der Waals surface area contributed by atoms with E-state index in [1.165, 1.54) is 42.7 Å². The number of aromatic nitrogens is 1. The van der Waals surface area contributed by atoms with Gasteiger partial charge in [0.25, 0.3) is 11.8 Å². The maximum atomic E-state index is 14.6. The summed E-state index contributed by atoms with van der Waals surface area (Å²) in [5, 5.41) is 18.3. The predicted molar refractivity (Wildman–Crippen MR) is 216 cm³/mol. The van der Waals surface area contributed by atoms with Crippen LogP contribution >= 0.6 is 11.6 Å². The number of hydroxylamine groups is 1. The molecule has 1 unspecified atom stereocenters. The van der Waals surface area contributed by atoms with Gasteiger partial charge in [-0.1, -0.05) is 61.8 Å². The Morgan fingerprint density at radius 3 is 2.50 bits per heavy atom. The molecule has 3 aromatic carbocycles. The summed E-state index contributed by atoms with van der Waals surface area (Å²) in [6.07, 6.45) is 5.56. The summed E-state index contributed by atoms with van der Waals surface area (Å²) >= 11 is 6.20. The molecule has 12 heteroatoms. The number of hydrogen-bond donors (Lipinski definition) is 3. The highest BCUT2D eigenvalue weighted by atomic mass is 35.5. The molecular formula is C44H48ClFN6O4. The molecule has 1 spiro atoms. The van der Waals surface area contributed by atoms with Crippen molar-refractivity contribution in [2.75, 3.05) is 44.7 Å². The zero-order chi connectivity index (χ0) is 39.1. The van der Waals surface area contributed by atoms with Crippen LogP contribution in [0.5, 0.6) is 17.4 Å². The Morgan fingerprint density at radius 1 is 1.04 bits per heavy atom. The molecular weight excluding hydrogens is 731 g/mol. The summed E-state index contributed by atoms with van der Waals surface area (Å²) in [7, 11) is 1.41. The van der Waals surface area contributed by atoms with E-state index in [9.17, 15) is 14.4 Å². The SMILES string of the molecule is COc1nc2c(cc1Oc1cc(N3CCC4(CC3)CC(N3CCN(Cc5ccc(Cl)cc5)CC3c3ccccc3C(C)C)C4)ccc1C(=O)NO)C(F)=CC2=N. The van der Waals surface area contributed by atoms with Crippen LogP contribution in [0.3, 0.4) is 0 Å². The highest BCUT2D eigenvalue weighted by Gasteiger charge is 2.50. The van der Waals surface area contributed by atoms with E-state index in [-0.39, 0.29) is 45.3 Å². The quantitative estimate of drug-likeness (QED) is 0.108. The number of nitrogens with zero attached hydrogens (tertiary/aromatic N) is 4. The molecule has 2 aliphatic heterocycles. The number of benzene rings is 3. The lowest BCUT2D eigenvalue weighted by Gasteiger charge is -2.58. The van der Waals surface area contributed by atoms with Crippen molar-refractivity contribution >= 4 is 34.7 Å². The Labute approximate surface area is 332 Å². The van der Waals surface area contributed by atoms with Gasteiger partial charge in [0.1, 0.15) is 17.3 Å². The van der Waals surface area contributed by atoms with Gasteiger partial charge in [-0.05, 0) is 84.0 Å². The largest absolute Gasteiger partial charge is 0.478 e. The van der Waals surface area contributed by atoms with Gasteiger partial charge in [-0.15, -0.1) is 0 Å². The number of anilines is 1. The second-order valence-electron chi connectivity index (χ2n) is 16.0. The van der Waals surface area contributed by atoms with Gasteiger partial charge in [-0.25, -0.2) is 14.9 Å². The molecule has 10 nitrogen and oxygen atoms in total. The zero-order valence-corrected chi connectivity index (χ0v) is 32.8. The van der Waals surface area contributed by atoms with E-state index in [0.29, 0.717) is 18.0 Å². The fourth-order valence-corrected chi connectivity index (χ4v) is 9.36. The fourth-order valence-electron chi connectivity index (χ4n) is 9.24. The lowest BCUT2D eigenvalue weighted by Crippen LogP contribution is -2.60. The van der Waals surface area contributed by atoms with Gasteiger partial charge < -0.3 is 14.4 Å². The number of piperidine rings is 1. The molecule has 2 aliphatic carbocycles. The van der Waals surface area contributed by atoms with Gasteiger partial charge in [-0.2, -0.15) is 0 Å². The van der Waals surface area contributed by atoms with E-state index in [4.69, 9.17) is 26.5 Å². The monoisotopic (exact) mass is 778 g/mol. The van der Waals surface area contributed by atoms with Crippen LogP contribution in [0.25, 0.3) is 5.83 Å². The molecule has 3 N–H and O–H groups in total. The average molecular weight is 779 g/mol. The first-order chi connectivity index (χ1) is 27.0. The Morgan fingerprint density at radius 2 is 1.79 bits per heavy atom. The van der Waals surface area contributed by atoms with Crippen molar-refractivity contribution in [2.45, 2.75) is 64.1 Å². The molecule has 0 radical (unpaired) electrons. The van der Waals surface area contributed by atoms with Crippen LogP contribution < -0.4 is 19.9 Å². The number of piperazine rings is 1. The molecule has 8 rings (SSSR count). The fraction of sp³-hybridized carbons (Fsp3) is 0.386. The molecule has 0 bridgehead atoms. The number of ether oxygens (including phenoxy) is 2. The number of rotatable bonds is 10. The minimum Gasteiger partial charge on any atom is -0.478 e. The second kappa shape index (κ2) is 15.6. The molecule has 4 aromatic rings. The molecule has 56 heavy (non-hydrogen) atoms. The maximum absolute atomic E-state index is 14.6. The van der Waals surface area contributed by atoms with E-state index in [1.807, 2.05) is 18.2 Å². The Hall–Kier alpha value is -4.81. The molecule has 4 aliphatic rings. The molecule has 1 amide bonds. The van der Waals surface area contributed by atoms with Crippen molar-refractivity contribution in [3.05, 3.63) is 117 Å². The van der Waals surface area contributed by atoms with Crippen molar-refractivity contribution < 1.29 is 23.9 Å². The predicted octanol–water partition coefficient (Wildman–Crippen LogP) is 8.78. The van der Waals surface area contributed by atoms with Gasteiger partial charge in [0.2, 0.25) is 0 Å². The normalized spacial score (nSPS) is 19.8. The number of hydrogen-bond acceptors (Lipinski definition) is 9. The van der Waals surface area contributed by atoms with E-state index < -0.39 is 11.7 Å². The Bertz CT molecular complexity index is 2160. The zero-order valence-electron chi connectivity index (χ0n) is 32.0. The van der Waals surface area contributed by atoms with E-state index >= 15 is 0 Å². The Kier molecular flexibility index (Phi) is 10.6. The minimum atomic E-state index is -0.745. The van der Waals surface area contributed by atoms with E-state index in [0.717, 1.165) is 68.9 Å². The molecule has 292 valence electrons. The number of pyridine rings is 1.